The first-order valence-corrected chi connectivity index (χ1v) is 6.22. The molecule has 0 spiro atoms. The van der Waals surface area contributed by atoms with Gasteiger partial charge in [0.15, 0.2) is 0 Å². The Morgan fingerprint density at radius 1 is 1.28 bits per heavy atom. The smallest absolute Gasteiger partial charge is 0.255 e. The molecule has 1 aromatic heterocycles. The fourth-order valence-electron chi connectivity index (χ4n) is 3.10. The zero-order valence-electron chi connectivity index (χ0n) is 10.3. The molecule has 2 fully saturated rings. The van der Waals surface area contributed by atoms with Gasteiger partial charge in [-0.15, -0.1) is 0 Å². The SMILES string of the molecule is CN1CC2CN(C(=O)c3cncc(F)c3)CC2C1. The van der Waals surface area contributed by atoms with E-state index in [1.54, 1.807) is 0 Å². The Morgan fingerprint density at radius 3 is 2.56 bits per heavy atom. The van der Waals surface area contributed by atoms with E-state index < -0.39 is 5.82 Å². The van der Waals surface area contributed by atoms with Crippen LogP contribution in [0.15, 0.2) is 18.5 Å². The van der Waals surface area contributed by atoms with Crippen LogP contribution in [0.25, 0.3) is 0 Å². The van der Waals surface area contributed by atoms with Crippen molar-refractivity contribution in [1.82, 2.24) is 14.8 Å². The highest BCUT2D eigenvalue weighted by molar-refractivity contribution is 5.94. The molecule has 0 aliphatic carbocycles. The average molecular weight is 249 g/mol. The van der Waals surface area contributed by atoms with Gasteiger partial charge in [0.05, 0.1) is 11.8 Å². The highest BCUT2D eigenvalue weighted by Gasteiger charge is 2.40. The number of halogens is 1. The molecule has 5 heteroatoms. The Kier molecular flexibility index (Phi) is 2.78. The summed E-state index contributed by atoms with van der Waals surface area (Å²) in [4.78, 5) is 20.1. The molecule has 0 saturated carbocycles. The van der Waals surface area contributed by atoms with Gasteiger partial charge < -0.3 is 9.80 Å². The van der Waals surface area contributed by atoms with Crippen LogP contribution in [0.1, 0.15) is 10.4 Å². The van der Waals surface area contributed by atoms with Gasteiger partial charge in [-0.25, -0.2) is 4.39 Å². The number of amides is 1. The van der Waals surface area contributed by atoms with E-state index in [4.69, 9.17) is 0 Å². The minimum Gasteiger partial charge on any atom is -0.338 e. The van der Waals surface area contributed by atoms with Crippen molar-refractivity contribution in [2.75, 3.05) is 33.2 Å². The molecular weight excluding hydrogens is 233 g/mol. The number of fused-ring (bicyclic) bond motifs is 1. The molecule has 1 amide bonds. The van der Waals surface area contributed by atoms with Gasteiger partial charge in [0.2, 0.25) is 0 Å². The summed E-state index contributed by atoms with van der Waals surface area (Å²) in [6.07, 6.45) is 2.55. The second kappa shape index (κ2) is 4.31. The summed E-state index contributed by atoms with van der Waals surface area (Å²) in [5.41, 5.74) is 0.350. The van der Waals surface area contributed by atoms with Crippen LogP contribution < -0.4 is 0 Å². The lowest BCUT2D eigenvalue weighted by Gasteiger charge is -2.19. The van der Waals surface area contributed by atoms with Crippen LogP contribution in [0.5, 0.6) is 0 Å². The van der Waals surface area contributed by atoms with Gasteiger partial charge >= 0.3 is 0 Å². The average Bonchev–Trinajstić information content (AvgIpc) is 2.85. The Morgan fingerprint density at radius 2 is 1.94 bits per heavy atom. The minimum absolute atomic E-state index is 0.0981. The van der Waals surface area contributed by atoms with Gasteiger partial charge in [0.25, 0.3) is 5.91 Å². The first-order chi connectivity index (χ1) is 8.63. The maximum Gasteiger partial charge on any atom is 0.255 e. The summed E-state index contributed by atoms with van der Waals surface area (Å²) < 4.78 is 13.1. The first-order valence-electron chi connectivity index (χ1n) is 6.22. The van der Waals surface area contributed by atoms with Crippen LogP contribution in [-0.4, -0.2) is 53.9 Å². The first kappa shape index (κ1) is 11.6. The van der Waals surface area contributed by atoms with E-state index in [0.29, 0.717) is 17.4 Å². The summed E-state index contributed by atoms with van der Waals surface area (Å²) >= 11 is 0. The number of carbonyl (C=O) groups is 1. The van der Waals surface area contributed by atoms with Crippen LogP contribution in [-0.2, 0) is 0 Å². The summed E-state index contributed by atoms with van der Waals surface area (Å²) in [5.74, 6) is 0.583. The summed E-state index contributed by atoms with van der Waals surface area (Å²) in [6.45, 7) is 3.67. The van der Waals surface area contributed by atoms with Crippen LogP contribution in [0.4, 0.5) is 4.39 Å². The van der Waals surface area contributed by atoms with Crippen molar-refractivity contribution in [3.63, 3.8) is 0 Å². The minimum atomic E-state index is -0.458. The highest BCUT2D eigenvalue weighted by Crippen LogP contribution is 2.30. The second-order valence-electron chi connectivity index (χ2n) is 5.34. The van der Waals surface area contributed by atoms with E-state index in [1.165, 1.54) is 12.3 Å². The van der Waals surface area contributed by atoms with Crippen molar-refractivity contribution in [1.29, 1.82) is 0 Å². The van der Waals surface area contributed by atoms with Crippen molar-refractivity contribution in [3.05, 3.63) is 29.8 Å². The molecule has 2 saturated heterocycles. The Bertz CT molecular complexity index is 465. The predicted molar refractivity (Wildman–Crippen MR) is 64.6 cm³/mol. The van der Waals surface area contributed by atoms with Crippen LogP contribution in [0.2, 0.25) is 0 Å². The molecule has 0 bridgehead atoms. The number of likely N-dealkylation sites (tertiary alicyclic amines) is 2. The lowest BCUT2D eigenvalue weighted by molar-refractivity contribution is 0.0775. The number of carbonyl (C=O) groups excluding carboxylic acids is 1. The molecule has 0 aromatic carbocycles. The maximum atomic E-state index is 13.1. The third-order valence-electron chi connectivity index (χ3n) is 3.91. The van der Waals surface area contributed by atoms with Crippen molar-refractivity contribution >= 4 is 5.91 Å². The Balaban J connectivity index is 1.72. The fourth-order valence-corrected chi connectivity index (χ4v) is 3.10. The number of pyridine rings is 1. The van der Waals surface area contributed by atoms with Crippen LogP contribution in [0.3, 0.4) is 0 Å². The van der Waals surface area contributed by atoms with Gasteiger partial charge in [-0.05, 0) is 24.9 Å². The highest BCUT2D eigenvalue weighted by atomic mass is 19.1. The Hall–Kier alpha value is -1.49. The van der Waals surface area contributed by atoms with Gasteiger partial charge in [0, 0.05) is 32.4 Å². The van der Waals surface area contributed by atoms with E-state index in [0.717, 1.165) is 32.4 Å². The number of aromatic nitrogens is 1. The molecule has 18 heavy (non-hydrogen) atoms. The number of rotatable bonds is 1. The van der Waals surface area contributed by atoms with Gasteiger partial charge in [-0.3, -0.25) is 9.78 Å². The monoisotopic (exact) mass is 249 g/mol. The zero-order chi connectivity index (χ0) is 12.7. The molecule has 1 aromatic rings. The fraction of sp³-hybridized carbons (Fsp3) is 0.538. The molecule has 2 aliphatic heterocycles. The predicted octanol–water partition coefficient (Wildman–Crippen LogP) is 0.854. The van der Waals surface area contributed by atoms with Gasteiger partial charge in [0.1, 0.15) is 5.82 Å². The van der Waals surface area contributed by atoms with E-state index in [1.807, 2.05) is 4.90 Å². The third-order valence-corrected chi connectivity index (χ3v) is 3.91. The van der Waals surface area contributed by atoms with Crippen LogP contribution in [0, 0.1) is 17.7 Å². The lowest BCUT2D eigenvalue weighted by Crippen LogP contribution is -2.32. The number of nitrogens with zero attached hydrogens (tertiary/aromatic N) is 3. The Labute approximate surface area is 105 Å². The third kappa shape index (κ3) is 1.99. The van der Waals surface area contributed by atoms with E-state index in [2.05, 4.69) is 16.9 Å². The van der Waals surface area contributed by atoms with E-state index >= 15 is 0 Å². The lowest BCUT2D eigenvalue weighted by atomic mass is 10.0. The van der Waals surface area contributed by atoms with Gasteiger partial charge in [-0.1, -0.05) is 0 Å². The molecule has 3 rings (SSSR count). The second-order valence-corrected chi connectivity index (χ2v) is 5.34. The maximum absolute atomic E-state index is 13.1. The van der Waals surface area contributed by atoms with Crippen molar-refractivity contribution in [3.8, 4) is 0 Å². The number of hydrogen-bond acceptors (Lipinski definition) is 3. The van der Waals surface area contributed by atoms with E-state index in [-0.39, 0.29) is 5.91 Å². The molecule has 0 radical (unpaired) electrons. The molecule has 3 heterocycles. The summed E-state index contributed by atoms with van der Waals surface area (Å²) in [7, 11) is 2.11. The standard InChI is InChI=1S/C13H16FN3O/c1-16-5-10-7-17(8-11(10)6-16)13(18)9-2-12(14)4-15-3-9/h2-4,10-11H,5-8H2,1H3. The molecular formula is C13H16FN3O. The molecule has 96 valence electrons. The van der Waals surface area contributed by atoms with E-state index in [9.17, 15) is 9.18 Å². The molecule has 4 nitrogen and oxygen atoms in total. The molecule has 2 atom stereocenters. The summed E-state index contributed by atoms with van der Waals surface area (Å²) in [5, 5.41) is 0. The quantitative estimate of drug-likeness (QED) is 0.740. The van der Waals surface area contributed by atoms with Gasteiger partial charge in [-0.2, -0.15) is 0 Å². The van der Waals surface area contributed by atoms with Crippen molar-refractivity contribution < 1.29 is 9.18 Å². The topological polar surface area (TPSA) is 36.4 Å². The summed E-state index contributed by atoms with van der Waals surface area (Å²) in [6, 6.07) is 1.26. The van der Waals surface area contributed by atoms with Crippen molar-refractivity contribution in [2.45, 2.75) is 0 Å². The molecule has 2 aliphatic rings. The molecule has 0 N–H and O–H groups in total. The normalized spacial score (nSPS) is 27.6. The molecule has 2 unspecified atom stereocenters. The zero-order valence-corrected chi connectivity index (χ0v) is 10.3. The largest absolute Gasteiger partial charge is 0.338 e. The van der Waals surface area contributed by atoms with Crippen LogP contribution >= 0.6 is 0 Å². The number of hydrogen-bond donors (Lipinski definition) is 0. The van der Waals surface area contributed by atoms with Crippen molar-refractivity contribution in [2.24, 2.45) is 11.8 Å².